The summed E-state index contributed by atoms with van der Waals surface area (Å²) < 4.78 is 0.771. The Morgan fingerprint density at radius 3 is 1.89 bits per heavy atom. The summed E-state index contributed by atoms with van der Waals surface area (Å²) in [7, 11) is 4.08. The number of rotatable bonds is 6. The predicted molar refractivity (Wildman–Crippen MR) is 66.1 cm³/mol. The van der Waals surface area contributed by atoms with Crippen LogP contribution in [-0.2, 0) is 14.4 Å². The van der Waals surface area contributed by atoms with Crippen LogP contribution in [0.25, 0.3) is 0 Å². The molecule has 7 heteroatoms. The van der Waals surface area contributed by atoms with Crippen LogP contribution in [0.2, 0.25) is 0 Å². The van der Waals surface area contributed by atoms with Gasteiger partial charge in [0.1, 0.15) is 5.92 Å². The first-order valence-corrected chi connectivity index (χ1v) is 5.68. The van der Waals surface area contributed by atoms with Gasteiger partial charge in [0.25, 0.3) is 0 Å². The molecule has 7 nitrogen and oxygen atoms in total. The highest BCUT2D eigenvalue weighted by Gasteiger charge is 2.21. The van der Waals surface area contributed by atoms with Crippen molar-refractivity contribution in [2.24, 2.45) is 5.92 Å². The van der Waals surface area contributed by atoms with Crippen molar-refractivity contribution in [3.05, 3.63) is 12.2 Å². The van der Waals surface area contributed by atoms with Crippen molar-refractivity contribution in [2.75, 3.05) is 27.2 Å². The fourth-order valence-electron chi connectivity index (χ4n) is 1.09. The molecule has 19 heavy (non-hydrogen) atoms. The van der Waals surface area contributed by atoms with Crippen molar-refractivity contribution in [2.45, 2.75) is 13.8 Å². The summed E-state index contributed by atoms with van der Waals surface area (Å²) >= 11 is 0. The number of quaternary nitrogens is 1. The fraction of sp³-hybridized carbons (Fsp3) is 0.583. The van der Waals surface area contributed by atoms with Crippen molar-refractivity contribution in [1.82, 2.24) is 0 Å². The summed E-state index contributed by atoms with van der Waals surface area (Å²) in [5.74, 6) is -3.75. The molecule has 0 aliphatic rings. The van der Waals surface area contributed by atoms with Crippen LogP contribution in [0.15, 0.2) is 12.2 Å². The molecule has 0 heterocycles. The van der Waals surface area contributed by atoms with Crippen molar-refractivity contribution in [1.29, 1.82) is 0 Å². The smallest absolute Gasteiger partial charge is 0.328 e. The minimum atomic E-state index is -1.51. The maximum Gasteiger partial charge on any atom is 0.328 e. The standard InChI is InChI=1S/C8H17NO2.C4H4O4/c1-5-9(3,4)6-7(2)8(10)11;5-3(6)1-2-4(7)8/h7H,5-6H2,1-4H3;1-2H,(H,5,6)(H,7,8)/b;2-1+. The Morgan fingerprint density at radius 2 is 1.68 bits per heavy atom. The Kier molecular flexibility index (Phi) is 9.31. The van der Waals surface area contributed by atoms with E-state index in [-0.39, 0.29) is 5.92 Å². The van der Waals surface area contributed by atoms with Gasteiger partial charge in [-0.15, -0.1) is 0 Å². The zero-order valence-corrected chi connectivity index (χ0v) is 11.6. The summed E-state index contributed by atoms with van der Waals surface area (Å²) in [6, 6.07) is 0. The summed E-state index contributed by atoms with van der Waals surface area (Å²) in [5.41, 5.74) is 0. The van der Waals surface area contributed by atoms with Gasteiger partial charge in [-0.1, -0.05) is 0 Å². The lowest BCUT2D eigenvalue weighted by atomic mass is 10.1. The molecule has 0 aromatic heterocycles. The highest BCUT2D eigenvalue weighted by molar-refractivity contribution is 5.88. The molecule has 0 saturated heterocycles. The Labute approximate surface area is 112 Å². The molecule has 0 radical (unpaired) electrons. The molecule has 0 spiro atoms. The number of hydrogen-bond acceptors (Lipinski definition) is 4. The van der Waals surface area contributed by atoms with E-state index in [1.165, 1.54) is 0 Å². The SMILES string of the molecule is CC[N+](C)(C)CC(C)C(=O)O.O=C([O-])/C=C/C(=O)O. The lowest BCUT2D eigenvalue weighted by Crippen LogP contribution is -2.44. The second kappa shape index (κ2) is 9.09. The second-order valence-corrected chi connectivity index (χ2v) is 4.66. The molecule has 0 bridgehead atoms. The number of carboxylic acid groups (broad SMARTS) is 3. The third-order valence-corrected chi connectivity index (χ3v) is 2.41. The predicted octanol–water partition coefficient (Wildman–Crippen LogP) is -0.819. The molecule has 0 amide bonds. The third-order valence-electron chi connectivity index (χ3n) is 2.41. The Bertz CT molecular complexity index is 332. The molecular weight excluding hydrogens is 254 g/mol. The highest BCUT2D eigenvalue weighted by Crippen LogP contribution is 2.04. The number of hydrogen-bond donors (Lipinski definition) is 2. The van der Waals surface area contributed by atoms with Gasteiger partial charge in [-0.2, -0.15) is 0 Å². The minimum absolute atomic E-state index is 0.245. The van der Waals surface area contributed by atoms with Gasteiger partial charge in [0, 0.05) is 6.08 Å². The van der Waals surface area contributed by atoms with E-state index < -0.39 is 17.9 Å². The molecule has 0 saturated carbocycles. The number of aliphatic carboxylic acids is 3. The van der Waals surface area contributed by atoms with Gasteiger partial charge in [0.2, 0.25) is 0 Å². The first-order valence-electron chi connectivity index (χ1n) is 5.68. The zero-order chi connectivity index (χ0) is 15.6. The van der Waals surface area contributed by atoms with Crippen LogP contribution in [0.4, 0.5) is 0 Å². The van der Waals surface area contributed by atoms with Gasteiger partial charge in [-0.25, -0.2) is 4.79 Å². The van der Waals surface area contributed by atoms with Crippen LogP contribution < -0.4 is 5.11 Å². The Balaban J connectivity index is 0. The molecule has 1 atom stereocenters. The molecular formula is C12H21NO6. The Morgan fingerprint density at radius 1 is 1.21 bits per heavy atom. The maximum absolute atomic E-state index is 10.5. The molecule has 2 N–H and O–H groups in total. The zero-order valence-electron chi connectivity index (χ0n) is 11.6. The maximum atomic E-state index is 10.5. The first-order chi connectivity index (χ1) is 8.51. The second-order valence-electron chi connectivity index (χ2n) is 4.66. The highest BCUT2D eigenvalue weighted by atomic mass is 16.4. The van der Waals surface area contributed by atoms with Gasteiger partial charge < -0.3 is 24.6 Å². The van der Waals surface area contributed by atoms with E-state index >= 15 is 0 Å². The third kappa shape index (κ3) is 14.0. The van der Waals surface area contributed by atoms with Crippen molar-refractivity contribution in [3.8, 4) is 0 Å². The summed E-state index contributed by atoms with van der Waals surface area (Å²) in [5, 5.41) is 25.9. The lowest BCUT2D eigenvalue weighted by molar-refractivity contribution is -0.890. The van der Waals surface area contributed by atoms with Gasteiger partial charge in [0.15, 0.2) is 0 Å². The molecule has 0 aliphatic carbocycles. The number of carbonyl (C=O) groups is 3. The molecule has 1 unspecified atom stereocenters. The molecule has 0 rings (SSSR count). The van der Waals surface area contributed by atoms with E-state index in [1.54, 1.807) is 6.92 Å². The van der Waals surface area contributed by atoms with Gasteiger partial charge in [0.05, 0.1) is 33.2 Å². The topological polar surface area (TPSA) is 115 Å². The molecule has 0 fully saturated rings. The monoisotopic (exact) mass is 275 g/mol. The van der Waals surface area contributed by atoms with E-state index in [0.29, 0.717) is 18.7 Å². The molecule has 0 aromatic carbocycles. The average Bonchev–Trinajstić information content (AvgIpc) is 2.26. The van der Waals surface area contributed by atoms with Gasteiger partial charge in [-0.3, -0.25) is 4.79 Å². The van der Waals surface area contributed by atoms with Gasteiger partial charge >= 0.3 is 11.9 Å². The van der Waals surface area contributed by atoms with E-state index in [2.05, 4.69) is 6.92 Å². The normalized spacial score (nSPS) is 12.4. The van der Waals surface area contributed by atoms with E-state index in [0.717, 1.165) is 11.0 Å². The van der Waals surface area contributed by atoms with Crippen molar-refractivity contribution < 1.29 is 34.2 Å². The van der Waals surface area contributed by atoms with Gasteiger partial charge in [-0.05, 0) is 19.9 Å². The summed E-state index contributed by atoms with van der Waals surface area (Å²) in [6.07, 6.45) is 0.942. The van der Waals surface area contributed by atoms with E-state index in [9.17, 15) is 19.5 Å². The summed E-state index contributed by atoms with van der Waals surface area (Å²) in [4.78, 5) is 29.5. The van der Waals surface area contributed by atoms with Crippen molar-refractivity contribution >= 4 is 17.9 Å². The van der Waals surface area contributed by atoms with Crippen LogP contribution in [0, 0.1) is 5.92 Å². The number of nitrogens with zero attached hydrogens (tertiary/aromatic N) is 1. The molecule has 0 aliphatic heterocycles. The lowest BCUT2D eigenvalue weighted by Gasteiger charge is -2.29. The summed E-state index contributed by atoms with van der Waals surface area (Å²) in [6.45, 7) is 5.48. The first kappa shape index (κ1) is 19.4. The quantitative estimate of drug-likeness (QED) is 0.483. The molecule has 0 aromatic rings. The van der Waals surface area contributed by atoms with Crippen LogP contribution in [0.3, 0.4) is 0 Å². The number of carboxylic acids is 3. The fourth-order valence-corrected chi connectivity index (χ4v) is 1.09. The molecule has 110 valence electrons. The van der Waals surface area contributed by atoms with Crippen molar-refractivity contribution in [3.63, 3.8) is 0 Å². The largest absolute Gasteiger partial charge is 0.545 e. The van der Waals surface area contributed by atoms with Crippen LogP contribution in [-0.4, -0.2) is 59.8 Å². The van der Waals surface area contributed by atoms with Crippen LogP contribution >= 0.6 is 0 Å². The van der Waals surface area contributed by atoms with Crippen LogP contribution in [0.5, 0.6) is 0 Å². The number of carbonyl (C=O) groups excluding carboxylic acids is 1. The van der Waals surface area contributed by atoms with E-state index in [1.807, 2.05) is 14.1 Å². The Hall–Kier alpha value is -1.89. The average molecular weight is 275 g/mol. The van der Waals surface area contributed by atoms with E-state index in [4.69, 9.17) is 10.2 Å². The van der Waals surface area contributed by atoms with Crippen LogP contribution in [0.1, 0.15) is 13.8 Å². The minimum Gasteiger partial charge on any atom is -0.545 e.